The van der Waals surface area contributed by atoms with Crippen molar-refractivity contribution in [3.05, 3.63) is 54.1 Å². The molecule has 2 aromatic carbocycles. The minimum absolute atomic E-state index is 0.00884. The predicted molar refractivity (Wildman–Crippen MR) is 121 cm³/mol. The zero-order chi connectivity index (χ0) is 22.6. The molecule has 0 heterocycles. The smallest absolute Gasteiger partial charge is 0.255 e. The fraction of sp³-hybridized carbons (Fsp3) is 0.381. The predicted octanol–water partition coefficient (Wildman–Crippen LogP) is 3.26. The summed E-state index contributed by atoms with van der Waals surface area (Å²) in [6.07, 6.45) is 5.98. The van der Waals surface area contributed by atoms with E-state index in [1.807, 2.05) is 0 Å². The molecular formula is C21H27N3O5S2. The van der Waals surface area contributed by atoms with E-state index in [1.165, 1.54) is 34.6 Å². The van der Waals surface area contributed by atoms with Gasteiger partial charge in [0.05, 0.1) is 16.8 Å². The number of carbonyl (C=O) groups is 1. The Balaban J connectivity index is 1.71. The lowest BCUT2D eigenvalue weighted by Gasteiger charge is -2.30. The molecular weight excluding hydrogens is 438 g/mol. The number of hydrogen-bond acceptors (Lipinski definition) is 5. The molecule has 1 fully saturated rings. The first-order chi connectivity index (χ1) is 14.6. The fourth-order valence-electron chi connectivity index (χ4n) is 3.66. The van der Waals surface area contributed by atoms with E-state index in [4.69, 9.17) is 0 Å². The van der Waals surface area contributed by atoms with Gasteiger partial charge in [0.1, 0.15) is 0 Å². The van der Waals surface area contributed by atoms with Crippen molar-refractivity contribution in [2.24, 2.45) is 0 Å². The van der Waals surface area contributed by atoms with Crippen LogP contribution in [0.2, 0.25) is 0 Å². The quantitative estimate of drug-likeness (QED) is 0.652. The van der Waals surface area contributed by atoms with Crippen molar-refractivity contribution in [3.63, 3.8) is 0 Å². The van der Waals surface area contributed by atoms with Gasteiger partial charge in [-0.3, -0.25) is 9.52 Å². The van der Waals surface area contributed by atoms with Gasteiger partial charge in [-0.15, -0.1) is 0 Å². The topological polar surface area (TPSA) is 113 Å². The van der Waals surface area contributed by atoms with E-state index in [0.29, 0.717) is 16.9 Å². The van der Waals surface area contributed by atoms with Crippen LogP contribution in [0.3, 0.4) is 0 Å². The highest BCUT2D eigenvalue weighted by Crippen LogP contribution is 2.26. The third kappa shape index (κ3) is 6.05. The molecule has 168 valence electrons. The lowest BCUT2D eigenvalue weighted by Crippen LogP contribution is -2.38. The number of hydrogen-bond donors (Lipinski definition) is 2. The van der Waals surface area contributed by atoms with E-state index < -0.39 is 26.0 Å². The van der Waals surface area contributed by atoms with Crippen molar-refractivity contribution in [1.29, 1.82) is 0 Å². The van der Waals surface area contributed by atoms with Crippen LogP contribution in [0.1, 0.15) is 42.5 Å². The molecule has 3 rings (SSSR count). The largest absolute Gasteiger partial charge is 0.322 e. The Morgan fingerprint density at radius 2 is 1.55 bits per heavy atom. The highest BCUT2D eigenvalue weighted by atomic mass is 32.2. The Bertz CT molecular complexity index is 1140. The number of anilines is 2. The summed E-state index contributed by atoms with van der Waals surface area (Å²) in [4.78, 5) is 12.7. The van der Waals surface area contributed by atoms with E-state index in [0.717, 1.165) is 38.4 Å². The standard InChI is InChI=1S/C21H27N3O5S2/c1-24(19-9-4-3-5-10-19)31(28,29)20-13-11-16(12-14-20)21(25)22-17-7-6-8-18(15-17)23-30(2,26)27/h6-8,11-15,19,23H,3-5,9-10H2,1-2H3,(H,22,25). The average molecular weight is 466 g/mol. The molecule has 0 saturated heterocycles. The van der Waals surface area contributed by atoms with Crippen LogP contribution < -0.4 is 10.0 Å². The van der Waals surface area contributed by atoms with Crippen molar-refractivity contribution in [2.45, 2.75) is 43.0 Å². The molecule has 1 aliphatic carbocycles. The van der Waals surface area contributed by atoms with Crippen LogP contribution in [0.4, 0.5) is 11.4 Å². The van der Waals surface area contributed by atoms with Crippen LogP contribution in [0.25, 0.3) is 0 Å². The Labute approximate surface area is 183 Å². The molecule has 1 saturated carbocycles. The Morgan fingerprint density at radius 1 is 0.935 bits per heavy atom. The van der Waals surface area contributed by atoms with Crippen LogP contribution in [0.5, 0.6) is 0 Å². The highest BCUT2D eigenvalue weighted by molar-refractivity contribution is 7.92. The van der Waals surface area contributed by atoms with Gasteiger partial charge in [0.2, 0.25) is 20.0 Å². The van der Waals surface area contributed by atoms with E-state index in [-0.39, 0.29) is 10.9 Å². The normalized spacial score (nSPS) is 15.6. The molecule has 31 heavy (non-hydrogen) atoms. The summed E-state index contributed by atoms with van der Waals surface area (Å²) in [5.41, 5.74) is 1.03. The summed E-state index contributed by atoms with van der Waals surface area (Å²) in [6.45, 7) is 0. The zero-order valence-electron chi connectivity index (χ0n) is 17.5. The molecule has 10 heteroatoms. The molecule has 0 bridgehead atoms. The van der Waals surface area contributed by atoms with E-state index in [9.17, 15) is 21.6 Å². The molecule has 0 spiro atoms. The summed E-state index contributed by atoms with van der Waals surface area (Å²) < 4.78 is 52.4. The number of carbonyl (C=O) groups excluding carboxylic acids is 1. The van der Waals surface area contributed by atoms with Crippen LogP contribution in [-0.2, 0) is 20.0 Å². The Kier molecular flexibility index (Phi) is 7.03. The second-order valence-electron chi connectivity index (χ2n) is 7.75. The van der Waals surface area contributed by atoms with Gasteiger partial charge in [0.15, 0.2) is 0 Å². The van der Waals surface area contributed by atoms with Gasteiger partial charge >= 0.3 is 0 Å². The second kappa shape index (κ2) is 9.37. The van der Waals surface area contributed by atoms with E-state index >= 15 is 0 Å². The SMILES string of the molecule is CN(C1CCCCC1)S(=O)(=O)c1ccc(C(=O)Nc2cccc(NS(C)(=O)=O)c2)cc1. The fourth-order valence-corrected chi connectivity index (χ4v) is 5.63. The second-order valence-corrected chi connectivity index (χ2v) is 11.5. The van der Waals surface area contributed by atoms with Gasteiger partial charge in [0, 0.05) is 24.3 Å². The molecule has 1 aliphatic rings. The van der Waals surface area contributed by atoms with Gasteiger partial charge in [0.25, 0.3) is 5.91 Å². The average Bonchev–Trinajstić information content (AvgIpc) is 2.73. The van der Waals surface area contributed by atoms with E-state index in [1.54, 1.807) is 25.2 Å². The maximum atomic E-state index is 12.9. The summed E-state index contributed by atoms with van der Waals surface area (Å²) in [5.74, 6) is -0.430. The van der Waals surface area contributed by atoms with Crippen molar-refractivity contribution in [2.75, 3.05) is 23.3 Å². The number of rotatable bonds is 7. The summed E-state index contributed by atoms with van der Waals surface area (Å²) in [7, 11) is -5.44. The maximum Gasteiger partial charge on any atom is 0.255 e. The molecule has 1 amide bonds. The lowest BCUT2D eigenvalue weighted by atomic mass is 9.96. The van der Waals surface area contributed by atoms with E-state index in [2.05, 4.69) is 10.0 Å². The third-order valence-corrected chi connectivity index (χ3v) is 7.84. The van der Waals surface area contributed by atoms with Crippen LogP contribution in [0.15, 0.2) is 53.4 Å². The first kappa shape index (κ1) is 23.2. The molecule has 0 aromatic heterocycles. The molecule has 0 aliphatic heterocycles. The summed E-state index contributed by atoms with van der Waals surface area (Å²) in [6, 6.07) is 12.1. The van der Waals surface area contributed by atoms with Crippen molar-refractivity contribution < 1.29 is 21.6 Å². The Hall–Kier alpha value is -2.43. The van der Waals surface area contributed by atoms with Gasteiger partial charge in [-0.25, -0.2) is 16.8 Å². The minimum atomic E-state index is -3.63. The Morgan fingerprint density at radius 3 is 2.16 bits per heavy atom. The van der Waals surface area contributed by atoms with Gasteiger partial charge in [-0.2, -0.15) is 4.31 Å². The highest BCUT2D eigenvalue weighted by Gasteiger charge is 2.29. The maximum absolute atomic E-state index is 12.9. The molecule has 2 N–H and O–H groups in total. The van der Waals surface area contributed by atoms with Crippen molar-refractivity contribution in [1.82, 2.24) is 4.31 Å². The van der Waals surface area contributed by atoms with Gasteiger partial charge in [-0.05, 0) is 55.3 Å². The minimum Gasteiger partial charge on any atom is -0.322 e. The van der Waals surface area contributed by atoms with Crippen LogP contribution >= 0.6 is 0 Å². The monoisotopic (exact) mass is 465 g/mol. The van der Waals surface area contributed by atoms with Crippen LogP contribution in [0, 0.1) is 0 Å². The number of amides is 1. The van der Waals surface area contributed by atoms with Crippen LogP contribution in [-0.4, -0.2) is 46.4 Å². The molecule has 0 atom stereocenters. The van der Waals surface area contributed by atoms with Crippen molar-refractivity contribution in [3.8, 4) is 0 Å². The molecule has 0 unspecified atom stereocenters. The number of nitrogens with zero attached hydrogens (tertiary/aromatic N) is 1. The molecule has 8 nitrogen and oxygen atoms in total. The number of sulfonamides is 2. The molecule has 0 radical (unpaired) electrons. The summed E-state index contributed by atoms with van der Waals surface area (Å²) >= 11 is 0. The van der Waals surface area contributed by atoms with Gasteiger partial charge in [-0.1, -0.05) is 25.3 Å². The lowest BCUT2D eigenvalue weighted by molar-refractivity contribution is 0.102. The first-order valence-electron chi connectivity index (χ1n) is 10.0. The van der Waals surface area contributed by atoms with Crippen molar-refractivity contribution >= 4 is 37.3 Å². The molecule has 2 aromatic rings. The summed E-state index contributed by atoms with van der Waals surface area (Å²) in [5, 5.41) is 2.68. The van der Waals surface area contributed by atoms with Gasteiger partial charge < -0.3 is 5.32 Å². The third-order valence-electron chi connectivity index (χ3n) is 5.31. The number of benzene rings is 2. The number of nitrogens with one attached hydrogen (secondary N) is 2. The first-order valence-corrected chi connectivity index (χ1v) is 13.4. The zero-order valence-corrected chi connectivity index (χ0v) is 19.2.